The molecular formula is C18H14ClIO2. The molecule has 0 spiro atoms. The molecule has 1 heterocycles. The fraction of sp³-hybridized carbons (Fsp3) is 0.111. The van der Waals surface area contributed by atoms with E-state index in [4.69, 9.17) is 20.8 Å². The van der Waals surface area contributed by atoms with Crippen LogP contribution in [0.15, 0.2) is 65.1 Å². The number of furan rings is 1. The van der Waals surface area contributed by atoms with Gasteiger partial charge in [-0.25, -0.2) is 0 Å². The first-order chi connectivity index (χ1) is 10.7. The molecule has 0 saturated carbocycles. The summed E-state index contributed by atoms with van der Waals surface area (Å²) >= 11 is 8.22. The lowest BCUT2D eigenvalue weighted by Crippen LogP contribution is -2.01. The van der Waals surface area contributed by atoms with E-state index >= 15 is 0 Å². The molecule has 2 nitrogen and oxygen atoms in total. The van der Waals surface area contributed by atoms with Crippen LogP contribution < -0.4 is 0 Å². The van der Waals surface area contributed by atoms with Crippen molar-refractivity contribution in [2.75, 3.05) is 7.11 Å². The Bertz CT molecular complexity index is 751. The molecule has 0 amide bonds. The predicted molar refractivity (Wildman–Crippen MR) is 97.2 cm³/mol. The molecule has 0 radical (unpaired) electrons. The quantitative estimate of drug-likeness (QED) is 0.484. The summed E-state index contributed by atoms with van der Waals surface area (Å²) in [6.45, 7) is 0. The molecule has 112 valence electrons. The van der Waals surface area contributed by atoms with Crippen LogP contribution in [-0.2, 0) is 4.74 Å². The zero-order valence-corrected chi connectivity index (χ0v) is 14.8. The minimum absolute atomic E-state index is 0.212. The zero-order chi connectivity index (χ0) is 15.5. The fourth-order valence-corrected chi connectivity index (χ4v) is 3.21. The third kappa shape index (κ3) is 3.21. The van der Waals surface area contributed by atoms with Crippen LogP contribution in [0.4, 0.5) is 0 Å². The SMILES string of the molecule is COC(c1ccccc1)c1cc(I)c(-c2ccc(Cl)cc2)o1. The molecule has 3 aromatic rings. The third-order valence-corrected chi connectivity index (χ3v) is 4.46. The highest BCUT2D eigenvalue weighted by atomic mass is 127. The number of halogens is 2. The second kappa shape index (κ2) is 6.86. The van der Waals surface area contributed by atoms with E-state index in [0.29, 0.717) is 5.02 Å². The van der Waals surface area contributed by atoms with Crippen LogP contribution in [0.1, 0.15) is 17.4 Å². The van der Waals surface area contributed by atoms with Gasteiger partial charge < -0.3 is 9.15 Å². The molecule has 3 rings (SSSR count). The van der Waals surface area contributed by atoms with Gasteiger partial charge >= 0.3 is 0 Å². The molecule has 2 aromatic carbocycles. The van der Waals surface area contributed by atoms with Gasteiger partial charge in [-0.3, -0.25) is 0 Å². The van der Waals surface area contributed by atoms with Gasteiger partial charge in [-0.2, -0.15) is 0 Å². The van der Waals surface area contributed by atoms with Crippen molar-refractivity contribution in [3.63, 3.8) is 0 Å². The second-order valence-electron chi connectivity index (χ2n) is 4.86. The highest BCUT2D eigenvalue weighted by Crippen LogP contribution is 2.35. The van der Waals surface area contributed by atoms with Gasteiger partial charge in [0.25, 0.3) is 0 Å². The van der Waals surface area contributed by atoms with Crippen molar-refractivity contribution in [2.24, 2.45) is 0 Å². The van der Waals surface area contributed by atoms with Gasteiger partial charge in [0, 0.05) is 17.7 Å². The Hall–Kier alpha value is -1.30. The number of benzene rings is 2. The molecule has 1 unspecified atom stereocenters. The molecule has 1 atom stereocenters. The van der Waals surface area contributed by atoms with E-state index in [-0.39, 0.29) is 6.10 Å². The Morgan fingerprint density at radius 2 is 1.73 bits per heavy atom. The first-order valence-corrected chi connectivity index (χ1v) is 8.27. The van der Waals surface area contributed by atoms with E-state index < -0.39 is 0 Å². The number of methoxy groups -OCH3 is 1. The molecule has 0 aliphatic rings. The maximum atomic E-state index is 6.07. The lowest BCUT2D eigenvalue weighted by atomic mass is 10.1. The van der Waals surface area contributed by atoms with Gasteiger partial charge in [-0.05, 0) is 58.5 Å². The van der Waals surface area contributed by atoms with Gasteiger partial charge in [0.1, 0.15) is 17.6 Å². The predicted octanol–water partition coefficient (Wildman–Crippen LogP) is 5.94. The van der Waals surface area contributed by atoms with E-state index in [1.54, 1.807) is 7.11 Å². The summed E-state index contributed by atoms with van der Waals surface area (Å²) in [5, 5.41) is 0.713. The third-order valence-electron chi connectivity index (χ3n) is 3.41. The van der Waals surface area contributed by atoms with Gasteiger partial charge in [0.15, 0.2) is 0 Å². The first kappa shape index (κ1) is 15.6. The second-order valence-corrected chi connectivity index (χ2v) is 6.46. The lowest BCUT2D eigenvalue weighted by molar-refractivity contribution is 0.117. The summed E-state index contributed by atoms with van der Waals surface area (Å²) in [6.07, 6.45) is -0.212. The summed E-state index contributed by atoms with van der Waals surface area (Å²) < 4.78 is 12.7. The maximum Gasteiger partial charge on any atom is 0.147 e. The number of rotatable bonds is 4. The fourth-order valence-electron chi connectivity index (χ4n) is 2.36. The normalized spacial score (nSPS) is 12.3. The van der Waals surface area contributed by atoms with Crippen molar-refractivity contribution < 1.29 is 9.15 Å². The number of hydrogen-bond acceptors (Lipinski definition) is 2. The average molecular weight is 425 g/mol. The van der Waals surface area contributed by atoms with Crippen molar-refractivity contribution in [1.82, 2.24) is 0 Å². The van der Waals surface area contributed by atoms with Crippen LogP contribution in [0.25, 0.3) is 11.3 Å². The van der Waals surface area contributed by atoms with Crippen LogP contribution in [0.3, 0.4) is 0 Å². The van der Waals surface area contributed by atoms with Crippen LogP contribution in [-0.4, -0.2) is 7.11 Å². The van der Waals surface area contributed by atoms with Gasteiger partial charge in [-0.15, -0.1) is 0 Å². The Kier molecular flexibility index (Phi) is 4.86. The Balaban J connectivity index is 1.99. The van der Waals surface area contributed by atoms with Crippen LogP contribution in [0.5, 0.6) is 0 Å². The Morgan fingerprint density at radius 1 is 1.05 bits per heavy atom. The standard InChI is InChI=1S/C18H14ClIO2/c1-21-18(12-5-3-2-4-6-12)16-11-15(20)17(22-16)13-7-9-14(19)10-8-13/h2-11,18H,1H3. The minimum atomic E-state index is -0.212. The van der Waals surface area contributed by atoms with Gasteiger partial charge in [0.2, 0.25) is 0 Å². The van der Waals surface area contributed by atoms with Crippen molar-refractivity contribution in [3.8, 4) is 11.3 Å². The van der Waals surface area contributed by atoms with E-state index in [1.807, 2.05) is 60.7 Å². The molecule has 0 N–H and O–H groups in total. The monoisotopic (exact) mass is 424 g/mol. The summed E-state index contributed by atoms with van der Waals surface area (Å²) in [5.41, 5.74) is 2.07. The molecule has 0 aliphatic heterocycles. The molecule has 0 fully saturated rings. The van der Waals surface area contributed by atoms with Crippen molar-refractivity contribution in [2.45, 2.75) is 6.10 Å². The molecule has 0 bridgehead atoms. The van der Waals surface area contributed by atoms with E-state index in [1.165, 1.54) is 0 Å². The topological polar surface area (TPSA) is 22.4 Å². The number of ether oxygens (including phenoxy) is 1. The van der Waals surface area contributed by atoms with Gasteiger partial charge in [-0.1, -0.05) is 41.9 Å². The molecule has 0 saturated heterocycles. The Morgan fingerprint density at radius 3 is 2.36 bits per heavy atom. The van der Waals surface area contributed by atoms with Crippen LogP contribution in [0, 0.1) is 3.57 Å². The average Bonchev–Trinajstić information content (AvgIpc) is 2.91. The molecule has 0 aliphatic carbocycles. The van der Waals surface area contributed by atoms with E-state index in [2.05, 4.69) is 22.6 Å². The van der Waals surface area contributed by atoms with Crippen molar-refractivity contribution in [1.29, 1.82) is 0 Å². The summed E-state index contributed by atoms with van der Waals surface area (Å²) in [6, 6.07) is 19.7. The summed E-state index contributed by atoms with van der Waals surface area (Å²) in [7, 11) is 1.69. The molecular weight excluding hydrogens is 411 g/mol. The lowest BCUT2D eigenvalue weighted by Gasteiger charge is -2.12. The van der Waals surface area contributed by atoms with Crippen molar-refractivity contribution >= 4 is 34.2 Å². The zero-order valence-electron chi connectivity index (χ0n) is 11.9. The summed E-state index contributed by atoms with van der Waals surface area (Å²) in [4.78, 5) is 0. The van der Waals surface area contributed by atoms with Crippen LogP contribution >= 0.6 is 34.2 Å². The molecule has 4 heteroatoms. The summed E-state index contributed by atoms with van der Waals surface area (Å²) in [5.74, 6) is 1.63. The largest absolute Gasteiger partial charge is 0.457 e. The molecule has 22 heavy (non-hydrogen) atoms. The highest BCUT2D eigenvalue weighted by molar-refractivity contribution is 14.1. The van der Waals surface area contributed by atoms with Crippen LogP contribution in [0.2, 0.25) is 5.02 Å². The maximum absolute atomic E-state index is 6.07. The number of hydrogen-bond donors (Lipinski definition) is 0. The smallest absolute Gasteiger partial charge is 0.147 e. The first-order valence-electron chi connectivity index (χ1n) is 6.82. The van der Waals surface area contributed by atoms with E-state index in [9.17, 15) is 0 Å². The Labute approximate surface area is 148 Å². The van der Waals surface area contributed by atoms with E-state index in [0.717, 1.165) is 26.2 Å². The minimum Gasteiger partial charge on any atom is -0.457 e. The van der Waals surface area contributed by atoms with Gasteiger partial charge in [0.05, 0.1) is 3.57 Å². The highest BCUT2D eigenvalue weighted by Gasteiger charge is 2.20. The molecule has 1 aromatic heterocycles. The van der Waals surface area contributed by atoms with Crippen molar-refractivity contribution in [3.05, 3.63) is 80.6 Å².